The van der Waals surface area contributed by atoms with Gasteiger partial charge in [-0.3, -0.25) is 4.31 Å². The molecule has 3 rings (SSSR count). The molecule has 1 aromatic rings. The van der Waals surface area contributed by atoms with Gasteiger partial charge in [-0.2, -0.15) is 0 Å². The monoisotopic (exact) mass is 380 g/mol. The lowest BCUT2D eigenvalue weighted by molar-refractivity contribution is 0.241. The highest BCUT2D eigenvalue weighted by Crippen LogP contribution is 2.24. The summed E-state index contributed by atoms with van der Waals surface area (Å²) >= 11 is 0. The van der Waals surface area contributed by atoms with Crippen LogP contribution in [0, 0.1) is 0 Å². The van der Waals surface area contributed by atoms with E-state index in [4.69, 9.17) is 0 Å². The van der Waals surface area contributed by atoms with Gasteiger partial charge in [0.25, 0.3) is 0 Å². The molecular formula is C18H28N4O3S. The van der Waals surface area contributed by atoms with Gasteiger partial charge in [0.05, 0.1) is 18.5 Å². The standard InChI is InChI=1S/C18H28N4O3S/c1-26(24,25)22(14-11-19-18(23)20-15-5-6-15)17-9-7-16(8-10-17)21-12-3-2-4-13-21/h7-10,15H,2-6,11-14H2,1H3,(H2,19,20,23). The fraction of sp³-hybridized carbons (Fsp3) is 0.611. The molecule has 2 aliphatic rings. The van der Waals surface area contributed by atoms with E-state index in [1.54, 1.807) is 0 Å². The van der Waals surface area contributed by atoms with Gasteiger partial charge in [-0.25, -0.2) is 13.2 Å². The minimum absolute atomic E-state index is 0.208. The number of amides is 2. The third kappa shape index (κ3) is 5.27. The van der Waals surface area contributed by atoms with Gasteiger partial charge in [0.1, 0.15) is 0 Å². The Bertz CT molecular complexity index is 710. The molecule has 1 aromatic carbocycles. The summed E-state index contributed by atoms with van der Waals surface area (Å²) < 4.78 is 25.7. The number of piperidine rings is 1. The lowest BCUT2D eigenvalue weighted by Crippen LogP contribution is -2.42. The molecule has 0 unspecified atom stereocenters. The average molecular weight is 381 g/mol. The second-order valence-electron chi connectivity index (χ2n) is 7.07. The fourth-order valence-corrected chi connectivity index (χ4v) is 4.13. The topological polar surface area (TPSA) is 81.8 Å². The van der Waals surface area contributed by atoms with Crippen LogP contribution in [0.3, 0.4) is 0 Å². The first-order valence-electron chi connectivity index (χ1n) is 9.30. The van der Waals surface area contributed by atoms with Gasteiger partial charge < -0.3 is 15.5 Å². The first-order valence-corrected chi connectivity index (χ1v) is 11.2. The SMILES string of the molecule is CS(=O)(=O)N(CCNC(=O)NC1CC1)c1ccc(N2CCCCC2)cc1. The summed E-state index contributed by atoms with van der Waals surface area (Å²) in [4.78, 5) is 14.0. The van der Waals surface area contributed by atoms with Crippen LogP contribution in [0.1, 0.15) is 32.1 Å². The molecule has 1 aliphatic carbocycles. The maximum absolute atomic E-state index is 12.2. The molecule has 144 valence electrons. The van der Waals surface area contributed by atoms with Crippen molar-refractivity contribution in [3.63, 3.8) is 0 Å². The summed E-state index contributed by atoms with van der Waals surface area (Å²) in [5, 5.41) is 5.55. The Morgan fingerprint density at radius 2 is 1.81 bits per heavy atom. The van der Waals surface area contributed by atoms with Gasteiger partial charge in [0.2, 0.25) is 10.0 Å². The van der Waals surface area contributed by atoms with Crippen molar-refractivity contribution in [2.45, 2.75) is 38.1 Å². The van der Waals surface area contributed by atoms with Crippen molar-refractivity contribution in [3.8, 4) is 0 Å². The third-order valence-corrected chi connectivity index (χ3v) is 5.97. The first-order chi connectivity index (χ1) is 12.4. The Kier molecular flexibility index (Phi) is 5.90. The second-order valence-corrected chi connectivity index (χ2v) is 8.98. The highest BCUT2D eigenvalue weighted by atomic mass is 32.2. The largest absolute Gasteiger partial charge is 0.372 e. The van der Waals surface area contributed by atoms with Gasteiger partial charge in [0, 0.05) is 31.4 Å². The van der Waals surface area contributed by atoms with Crippen LogP contribution in [0.25, 0.3) is 0 Å². The van der Waals surface area contributed by atoms with Crippen molar-refractivity contribution in [1.82, 2.24) is 10.6 Å². The Labute approximate surface area is 155 Å². The molecule has 0 atom stereocenters. The average Bonchev–Trinajstić information content (AvgIpc) is 3.43. The van der Waals surface area contributed by atoms with Crippen molar-refractivity contribution in [3.05, 3.63) is 24.3 Å². The molecule has 26 heavy (non-hydrogen) atoms. The predicted octanol–water partition coefficient (Wildman–Crippen LogP) is 1.90. The second kappa shape index (κ2) is 8.16. The number of anilines is 2. The molecule has 0 bridgehead atoms. The molecular weight excluding hydrogens is 352 g/mol. The number of sulfonamides is 1. The molecule has 0 aromatic heterocycles. The molecule has 0 radical (unpaired) electrons. The molecule has 7 nitrogen and oxygen atoms in total. The van der Waals surface area contributed by atoms with Gasteiger partial charge in [-0.05, 0) is 56.4 Å². The van der Waals surface area contributed by atoms with E-state index in [9.17, 15) is 13.2 Å². The first kappa shape index (κ1) is 18.8. The van der Waals surface area contributed by atoms with Crippen molar-refractivity contribution < 1.29 is 13.2 Å². The lowest BCUT2D eigenvalue weighted by Gasteiger charge is -2.29. The highest BCUT2D eigenvalue weighted by molar-refractivity contribution is 7.92. The molecule has 0 spiro atoms. The van der Waals surface area contributed by atoms with Gasteiger partial charge in [0.15, 0.2) is 0 Å². The maximum atomic E-state index is 12.2. The van der Waals surface area contributed by atoms with Crippen LogP contribution in [0.5, 0.6) is 0 Å². The summed E-state index contributed by atoms with van der Waals surface area (Å²) in [6.07, 6.45) is 6.91. The Balaban J connectivity index is 1.60. The van der Waals surface area contributed by atoms with Crippen LogP contribution < -0.4 is 19.8 Å². The van der Waals surface area contributed by atoms with E-state index < -0.39 is 10.0 Å². The van der Waals surface area contributed by atoms with E-state index in [1.165, 1.54) is 29.8 Å². The summed E-state index contributed by atoms with van der Waals surface area (Å²) in [7, 11) is -3.42. The molecule has 1 saturated heterocycles. The molecule has 2 amide bonds. The lowest BCUT2D eigenvalue weighted by atomic mass is 10.1. The number of hydrogen-bond acceptors (Lipinski definition) is 4. The number of benzene rings is 1. The Morgan fingerprint density at radius 3 is 2.38 bits per heavy atom. The highest BCUT2D eigenvalue weighted by Gasteiger charge is 2.23. The van der Waals surface area contributed by atoms with Gasteiger partial charge in [-0.15, -0.1) is 0 Å². The summed E-state index contributed by atoms with van der Waals surface area (Å²) in [6.45, 7) is 2.57. The molecule has 2 fully saturated rings. The minimum Gasteiger partial charge on any atom is -0.372 e. The van der Waals surface area contributed by atoms with Crippen molar-refractivity contribution in [2.75, 3.05) is 41.6 Å². The molecule has 2 N–H and O–H groups in total. The van der Waals surface area contributed by atoms with Crippen molar-refractivity contribution in [1.29, 1.82) is 0 Å². The molecule has 1 aliphatic heterocycles. The van der Waals surface area contributed by atoms with E-state index in [1.807, 2.05) is 24.3 Å². The van der Waals surface area contributed by atoms with E-state index >= 15 is 0 Å². The van der Waals surface area contributed by atoms with Crippen LogP contribution in [-0.4, -0.2) is 52.9 Å². The number of rotatable bonds is 7. The number of carbonyl (C=O) groups excluding carboxylic acids is 1. The van der Waals surface area contributed by atoms with Crippen LogP contribution in [0.2, 0.25) is 0 Å². The van der Waals surface area contributed by atoms with E-state index in [-0.39, 0.29) is 25.2 Å². The van der Waals surface area contributed by atoms with E-state index in [0.717, 1.165) is 31.6 Å². The number of nitrogens with zero attached hydrogens (tertiary/aromatic N) is 2. The normalized spacial score (nSPS) is 17.7. The van der Waals surface area contributed by atoms with Crippen LogP contribution in [0.4, 0.5) is 16.2 Å². The molecule has 1 saturated carbocycles. The quantitative estimate of drug-likeness (QED) is 0.757. The van der Waals surface area contributed by atoms with Crippen LogP contribution >= 0.6 is 0 Å². The van der Waals surface area contributed by atoms with Crippen LogP contribution in [-0.2, 0) is 10.0 Å². The Hall–Kier alpha value is -1.96. The fourth-order valence-electron chi connectivity index (χ4n) is 3.20. The molecule has 1 heterocycles. The smallest absolute Gasteiger partial charge is 0.315 e. The van der Waals surface area contributed by atoms with Crippen LogP contribution in [0.15, 0.2) is 24.3 Å². The maximum Gasteiger partial charge on any atom is 0.315 e. The zero-order chi connectivity index (χ0) is 18.6. The molecule has 8 heteroatoms. The zero-order valence-electron chi connectivity index (χ0n) is 15.3. The summed E-state index contributed by atoms with van der Waals surface area (Å²) in [5.74, 6) is 0. The van der Waals surface area contributed by atoms with Crippen molar-refractivity contribution in [2.24, 2.45) is 0 Å². The number of nitrogens with one attached hydrogen (secondary N) is 2. The van der Waals surface area contributed by atoms with E-state index in [2.05, 4.69) is 15.5 Å². The predicted molar refractivity (Wildman–Crippen MR) is 104 cm³/mol. The number of hydrogen-bond donors (Lipinski definition) is 2. The van der Waals surface area contributed by atoms with Gasteiger partial charge >= 0.3 is 6.03 Å². The Morgan fingerprint density at radius 1 is 1.15 bits per heavy atom. The third-order valence-electron chi connectivity index (χ3n) is 4.77. The zero-order valence-corrected chi connectivity index (χ0v) is 16.1. The number of urea groups is 1. The van der Waals surface area contributed by atoms with Crippen molar-refractivity contribution >= 4 is 27.4 Å². The van der Waals surface area contributed by atoms with E-state index in [0.29, 0.717) is 5.69 Å². The summed E-state index contributed by atoms with van der Waals surface area (Å²) in [6, 6.07) is 7.69. The number of carbonyl (C=O) groups is 1. The van der Waals surface area contributed by atoms with Gasteiger partial charge in [-0.1, -0.05) is 0 Å². The summed E-state index contributed by atoms with van der Waals surface area (Å²) in [5.41, 5.74) is 1.75. The minimum atomic E-state index is -3.42.